The molecule has 0 N–H and O–H groups in total. The van der Waals surface area contributed by atoms with Gasteiger partial charge in [-0.1, -0.05) is 13.8 Å². The molecule has 0 aliphatic rings. The zero-order valence-corrected chi connectivity index (χ0v) is 10.8. The van der Waals surface area contributed by atoms with Crippen LogP contribution in [0.2, 0.25) is 0 Å². The van der Waals surface area contributed by atoms with Crippen LogP contribution in [-0.2, 0) is 14.4 Å². The van der Waals surface area contributed by atoms with E-state index in [9.17, 15) is 14.4 Å². The van der Waals surface area contributed by atoms with Gasteiger partial charge in [0.2, 0.25) is 0 Å². The smallest absolute Gasteiger partial charge is 0.138 e. The summed E-state index contributed by atoms with van der Waals surface area (Å²) in [7, 11) is 0. The summed E-state index contributed by atoms with van der Waals surface area (Å²) in [5, 5.41) is 0. The molecule has 0 atom stereocenters. The van der Waals surface area contributed by atoms with Crippen LogP contribution in [0.1, 0.15) is 59.8 Å². The lowest BCUT2D eigenvalue weighted by Gasteiger charge is -2.22. The molecule has 3 heteroatoms. The van der Waals surface area contributed by atoms with Crippen molar-refractivity contribution in [3.63, 3.8) is 0 Å². The number of carbonyl (C=O) groups is 3. The minimum atomic E-state index is -0.412. The molecular formula is C13H22O3. The second kappa shape index (κ2) is 6.56. The van der Waals surface area contributed by atoms with Crippen molar-refractivity contribution in [3.8, 4) is 0 Å². The van der Waals surface area contributed by atoms with Crippen molar-refractivity contribution in [2.24, 2.45) is 5.41 Å². The Labute approximate surface area is 97.6 Å². The largest absolute Gasteiger partial charge is 0.300 e. The van der Waals surface area contributed by atoms with Crippen LogP contribution < -0.4 is 0 Å². The maximum atomic E-state index is 11.8. The van der Waals surface area contributed by atoms with Crippen LogP contribution in [0.15, 0.2) is 0 Å². The van der Waals surface area contributed by atoms with E-state index in [1.165, 1.54) is 6.92 Å². The molecule has 0 aromatic heterocycles. The van der Waals surface area contributed by atoms with Crippen molar-refractivity contribution in [2.75, 3.05) is 0 Å². The maximum absolute atomic E-state index is 11.8. The van der Waals surface area contributed by atoms with Gasteiger partial charge >= 0.3 is 0 Å². The molecule has 0 rings (SSSR count). The van der Waals surface area contributed by atoms with Crippen molar-refractivity contribution in [2.45, 2.75) is 59.8 Å². The number of carbonyl (C=O) groups excluding carboxylic acids is 3. The molecule has 0 aromatic carbocycles. The van der Waals surface area contributed by atoms with Gasteiger partial charge in [-0.05, 0) is 26.7 Å². The van der Waals surface area contributed by atoms with E-state index in [4.69, 9.17) is 0 Å². The van der Waals surface area contributed by atoms with Crippen molar-refractivity contribution >= 4 is 17.3 Å². The van der Waals surface area contributed by atoms with E-state index in [2.05, 4.69) is 0 Å². The molecular weight excluding hydrogens is 204 g/mol. The highest BCUT2D eigenvalue weighted by molar-refractivity contribution is 5.88. The predicted molar refractivity (Wildman–Crippen MR) is 63.2 cm³/mol. The highest BCUT2D eigenvalue weighted by Gasteiger charge is 2.26. The maximum Gasteiger partial charge on any atom is 0.138 e. The molecule has 0 amide bonds. The fourth-order valence-electron chi connectivity index (χ4n) is 1.55. The van der Waals surface area contributed by atoms with Crippen molar-refractivity contribution in [1.29, 1.82) is 0 Å². The molecule has 0 aliphatic carbocycles. The first-order chi connectivity index (χ1) is 7.25. The third kappa shape index (κ3) is 6.49. The molecule has 0 unspecified atom stereocenters. The van der Waals surface area contributed by atoms with E-state index in [1.807, 2.05) is 13.8 Å². The summed E-state index contributed by atoms with van der Waals surface area (Å²) in [4.78, 5) is 33.4. The Morgan fingerprint density at radius 2 is 1.38 bits per heavy atom. The lowest BCUT2D eigenvalue weighted by atomic mass is 9.80. The summed E-state index contributed by atoms with van der Waals surface area (Å²) in [6.07, 6.45) is 2.64. The predicted octanol–water partition coefficient (Wildman–Crippen LogP) is 2.71. The summed E-state index contributed by atoms with van der Waals surface area (Å²) in [6, 6.07) is 0. The van der Waals surface area contributed by atoms with Gasteiger partial charge in [0.1, 0.15) is 17.3 Å². The average molecular weight is 226 g/mol. The van der Waals surface area contributed by atoms with Crippen LogP contribution in [0.5, 0.6) is 0 Å². The van der Waals surface area contributed by atoms with Gasteiger partial charge in [0.15, 0.2) is 0 Å². The normalized spacial score (nSPS) is 11.2. The summed E-state index contributed by atoms with van der Waals surface area (Å²) < 4.78 is 0. The van der Waals surface area contributed by atoms with E-state index in [0.29, 0.717) is 25.7 Å². The van der Waals surface area contributed by atoms with Gasteiger partial charge in [0.05, 0.1) is 0 Å². The molecule has 0 heterocycles. The molecule has 0 saturated carbocycles. The van der Waals surface area contributed by atoms with Crippen molar-refractivity contribution in [1.82, 2.24) is 0 Å². The lowest BCUT2D eigenvalue weighted by Crippen LogP contribution is -2.24. The Balaban J connectivity index is 4.04. The minimum Gasteiger partial charge on any atom is -0.300 e. The van der Waals surface area contributed by atoms with Crippen LogP contribution >= 0.6 is 0 Å². The van der Waals surface area contributed by atoms with Crippen molar-refractivity contribution < 1.29 is 14.4 Å². The summed E-state index contributed by atoms with van der Waals surface area (Å²) in [6.45, 7) is 6.83. The van der Waals surface area contributed by atoms with Crippen LogP contribution in [0.4, 0.5) is 0 Å². The van der Waals surface area contributed by atoms with E-state index in [-0.39, 0.29) is 17.3 Å². The van der Waals surface area contributed by atoms with E-state index in [0.717, 1.165) is 6.42 Å². The summed E-state index contributed by atoms with van der Waals surface area (Å²) in [5.41, 5.74) is -0.412. The highest BCUT2D eigenvalue weighted by atomic mass is 16.1. The first-order valence-corrected chi connectivity index (χ1v) is 5.78. The van der Waals surface area contributed by atoms with Gasteiger partial charge in [0, 0.05) is 24.7 Å². The van der Waals surface area contributed by atoms with E-state index < -0.39 is 5.41 Å². The Hall–Kier alpha value is -0.990. The number of hydrogen-bond donors (Lipinski definition) is 0. The van der Waals surface area contributed by atoms with Crippen LogP contribution in [0.25, 0.3) is 0 Å². The Morgan fingerprint density at radius 1 is 0.875 bits per heavy atom. The van der Waals surface area contributed by atoms with Gasteiger partial charge in [-0.3, -0.25) is 4.79 Å². The number of ketones is 3. The topological polar surface area (TPSA) is 51.2 Å². The van der Waals surface area contributed by atoms with Gasteiger partial charge in [-0.15, -0.1) is 0 Å². The Kier molecular flexibility index (Phi) is 6.16. The quantitative estimate of drug-likeness (QED) is 0.639. The fourth-order valence-corrected chi connectivity index (χ4v) is 1.55. The van der Waals surface area contributed by atoms with Gasteiger partial charge < -0.3 is 9.59 Å². The molecule has 0 aromatic rings. The zero-order chi connectivity index (χ0) is 12.8. The highest BCUT2D eigenvalue weighted by Crippen LogP contribution is 2.26. The van der Waals surface area contributed by atoms with E-state index in [1.54, 1.807) is 6.92 Å². The third-order valence-electron chi connectivity index (χ3n) is 2.79. The monoisotopic (exact) mass is 226 g/mol. The second-order valence-electron chi connectivity index (χ2n) is 5.06. The van der Waals surface area contributed by atoms with Crippen LogP contribution in [0, 0.1) is 5.41 Å². The van der Waals surface area contributed by atoms with Crippen molar-refractivity contribution in [3.05, 3.63) is 0 Å². The number of Topliss-reactive ketones (excluding diaryl/α,β-unsaturated/α-hetero) is 3. The zero-order valence-electron chi connectivity index (χ0n) is 10.8. The Bertz CT molecular complexity index is 277. The molecule has 3 nitrogen and oxygen atoms in total. The fraction of sp³-hybridized carbons (Fsp3) is 0.769. The van der Waals surface area contributed by atoms with Crippen LogP contribution in [-0.4, -0.2) is 17.3 Å². The second-order valence-corrected chi connectivity index (χ2v) is 5.06. The molecule has 0 saturated heterocycles. The average Bonchev–Trinajstić information content (AvgIpc) is 2.12. The first-order valence-electron chi connectivity index (χ1n) is 5.78. The molecule has 92 valence electrons. The number of rotatable bonds is 8. The molecule has 16 heavy (non-hydrogen) atoms. The Morgan fingerprint density at radius 3 is 1.81 bits per heavy atom. The minimum absolute atomic E-state index is 0.0490. The third-order valence-corrected chi connectivity index (χ3v) is 2.79. The first kappa shape index (κ1) is 15.0. The number of hydrogen-bond acceptors (Lipinski definition) is 3. The molecule has 0 bridgehead atoms. The molecule has 0 spiro atoms. The lowest BCUT2D eigenvalue weighted by molar-refractivity contribution is -0.129. The van der Waals surface area contributed by atoms with Crippen LogP contribution in [0.3, 0.4) is 0 Å². The van der Waals surface area contributed by atoms with Gasteiger partial charge in [-0.25, -0.2) is 0 Å². The molecule has 0 fully saturated rings. The van der Waals surface area contributed by atoms with Gasteiger partial charge in [0.25, 0.3) is 0 Å². The van der Waals surface area contributed by atoms with Gasteiger partial charge in [-0.2, -0.15) is 0 Å². The van der Waals surface area contributed by atoms with E-state index >= 15 is 0 Å². The standard InChI is InChI=1S/C13H22O3/c1-10(14)6-5-9-13(3,4)12(16)8-7-11(2)15/h5-9H2,1-4H3. The molecule has 0 aliphatic heterocycles. The summed E-state index contributed by atoms with van der Waals surface area (Å²) in [5.74, 6) is 0.325. The summed E-state index contributed by atoms with van der Waals surface area (Å²) >= 11 is 0. The SMILES string of the molecule is CC(=O)CCCC(C)(C)C(=O)CCC(C)=O. The molecule has 0 radical (unpaired) electrons.